The Labute approximate surface area is 162 Å². The number of thiazole rings is 1. The van der Waals surface area contributed by atoms with Crippen molar-refractivity contribution in [2.45, 2.75) is 13.0 Å². The smallest absolute Gasteiger partial charge is 0.253 e. The lowest BCUT2D eigenvalue weighted by atomic mass is 10.1. The fourth-order valence-corrected chi connectivity index (χ4v) is 3.73. The number of benzene rings is 1. The lowest BCUT2D eigenvalue weighted by Gasteiger charge is -2.26. The second-order valence-electron chi connectivity index (χ2n) is 6.04. The number of morpholine rings is 1. The number of nitrogens with zero attached hydrogens (tertiary/aromatic N) is 2. The Morgan fingerprint density at radius 1 is 1.31 bits per heavy atom. The van der Waals surface area contributed by atoms with Crippen LogP contribution in [-0.2, 0) is 11.3 Å². The van der Waals surface area contributed by atoms with Crippen LogP contribution < -0.4 is 10.6 Å². The van der Waals surface area contributed by atoms with Gasteiger partial charge in [0.25, 0.3) is 5.91 Å². The first-order chi connectivity index (χ1) is 12.7. The summed E-state index contributed by atoms with van der Waals surface area (Å²) in [6.07, 6.45) is 2.68. The molecule has 0 spiro atoms. The van der Waals surface area contributed by atoms with E-state index in [0.29, 0.717) is 23.1 Å². The molecule has 26 heavy (non-hydrogen) atoms. The van der Waals surface area contributed by atoms with Gasteiger partial charge in [0.2, 0.25) is 0 Å². The summed E-state index contributed by atoms with van der Waals surface area (Å²) in [7, 11) is 0. The zero-order valence-corrected chi connectivity index (χ0v) is 16.1. The minimum absolute atomic E-state index is 0.0579. The van der Waals surface area contributed by atoms with Crippen LogP contribution in [0.15, 0.2) is 30.5 Å². The highest BCUT2D eigenvalue weighted by Gasteiger charge is 2.12. The topological polar surface area (TPSA) is 66.5 Å². The Bertz CT molecular complexity index is 719. The highest BCUT2D eigenvalue weighted by molar-refractivity contribution is 7.15. The van der Waals surface area contributed by atoms with Crippen molar-refractivity contribution in [1.82, 2.24) is 15.2 Å². The van der Waals surface area contributed by atoms with E-state index in [1.54, 1.807) is 6.20 Å². The van der Waals surface area contributed by atoms with E-state index >= 15 is 0 Å². The third kappa shape index (κ3) is 5.67. The maximum Gasteiger partial charge on any atom is 0.253 e. The molecule has 0 bridgehead atoms. The second-order valence-corrected chi connectivity index (χ2v) is 7.74. The summed E-state index contributed by atoms with van der Waals surface area (Å²) in [5, 5.41) is 6.31. The average molecular weight is 395 g/mol. The minimum atomic E-state index is -0.0579. The number of carbonyl (C=O) groups is 1. The van der Waals surface area contributed by atoms with Crippen LogP contribution in [-0.4, -0.2) is 55.2 Å². The van der Waals surface area contributed by atoms with Gasteiger partial charge in [-0.25, -0.2) is 4.98 Å². The number of hydrogen-bond acceptors (Lipinski definition) is 6. The number of halogens is 1. The number of rotatable bonds is 8. The highest BCUT2D eigenvalue weighted by Crippen LogP contribution is 2.21. The van der Waals surface area contributed by atoms with Gasteiger partial charge in [0.15, 0.2) is 4.47 Å². The predicted molar refractivity (Wildman–Crippen MR) is 105 cm³/mol. The van der Waals surface area contributed by atoms with E-state index in [4.69, 9.17) is 16.3 Å². The molecule has 1 aliphatic rings. The molecule has 2 aromatic rings. The van der Waals surface area contributed by atoms with Gasteiger partial charge >= 0.3 is 0 Å². The Morgan fingerprint density at radius 3 is 2.88 bits per heavy atom. The van der Waals surface area contributed by atoms with Crippen molar-refractivity contribution in [2.24, 2.45) is 0 Å². The number of hydrogen-bond donors (Lipinski definition) is 2. The third-order valence-electron chi connectivity index (χ3n) is 4.19. The van der Waals surface area contributed by atoms with Crippen LogP contribution >= 0.6 is 22.9 Å². The van der Waals surface area contributed by atoms with E-state index in [2.05, 4.69) is 20.5 Å². The number of anilines is 1. The molecule has 0 aliphatic carbocycles. The molecule has 140 valence electrons. The highest BCUT2D eigenvalue weighted by atomic mass is 35.5. The monoisotopic (exact) mass is 394 g/mol. The molecule has 6 nitrogen and oxygen atoms in total. The van der Waals surface area contributed by atoms with Crippen molar-refractivity contribution >= 4 is 34.5 Å². The molecule has 1 aromatic heterocycles. The van der Waals surface area contributed by atoms with Gasteiger partial charge in [-0.15, -0.1) is 11.3 Å². The van der Waals surface area contributed by atoms with Gasteiger partial charge in [-0.05, 0) is 25.1 Å². The van der Waals surface area contributed by atoms with Crippen molar-refractivity contribution in [2.75, 3.05) is 44.7 Å². The molecule has 0 unspecified atom stereocenters. The Hall–Kier alpha value is -1.67. The normalized spacial score (nSPS) is 15.0. The van der Waals surface area contributed by atoms with Crippen molar-refractivity contribution in [3.63, 3.8) is 0 Å². The molecule has 8 heteroatoms. The van der Waals surface area contributed by atoms with E-state index in [1.165, 1.54) is 11.3 Å². The van der Waals surface area contributed by atoms with Gasteiger partial charge < -0.3 is 15.4 Å². The van der Waals surface area contributed by atoms with Gasteiger partial charge in [-0.3, -0.25) is 9.69 Å². The predicted octanol–water partition coefficient (Wildman–Crippen LogP) is 2.86. The van der Waals surface area contributed by atoms with Crippen LogP contribution in [0.2, 0.25) is 4.47 Å². The molecular weight excluding hydrogens is 372 g/mol. The number of nitrogens with one attached hydrogen (secondary N) is 2. The fraction of sp³-hybridized carbons (Fsp3) is 0.444. The number of aromatic nitrogens is 1. The summed E-state index contributed by atoms with van der Waals surface area (Å²) in [5.74, 6) is -0.0579. The largest absolute Gasteiger partial charge is 0.379 e. The number of para-hydroxylation sites is 1. The van der Waals surface area contributed by atoms with Gasteiger partial charge in [0, 0.05) is 36.4 Å². The first-order valence-corrected chi connectivity index (χ1v) is 9.93. The van der Waals surface area contributed by atoms with E-state index in [1.807, 2.05) is 24.3 Å². The number of amides is 1. The lowest BCUT2D eigenvalue weighted by molar-refractivity contribution is 0.0374. The van der Waals surface area contributed by atoms with E-state index < -0.39 is 0 Å². The van der Waals surface area contributed by atoms with E-state index in [0.717, 1.165) is 49.8 Å². The van der Waals surface area contributed by atoms with E-state index in [9.17, 15) is 4.79 Å². The summed E-state index contributed by atoms with van der Waals surface area (Å²) < 4.78 is 5.86. The zero-order chi connectivity index (χ0) is 18.2. The Kier molecular flexibility index (Phi) is 7.25. The lowest BCUT2D eigenvalue weighted by Crippen LogP contribution is -2.38. The van der Waals surface area contributed by atoms with Crippen LogP contribution in [0.4, 0.5) is 5.69 Å². The van der Waals surface area contributed by atoms with Crippen LogP contribution in [0, 0.1) is 0 Å². The van der Waals surface area contributed by atoms with Crippen LogP contribution in [0.25, 0.3) is 0 Å². The van der Waals surface area contributed by atoms with Gasteiger partial charge in [-0.2, -0.15) is 0 Å². The molecule has 1 aromatic carbocycles. The maximum absolute atomic E-state index is 12.5. The van der Waals surface area contributed by atoms with Crippen molar-refractivity contribution in [1.29, 1.82) is 0 Å². The molecule has 2 N–H and O–H groups in total. The van der Waals surface area contributed by atoms with Gasteiger partial charge in [-0.1, -0.05) is 23.7 Å². The first kappa shape index (κ1) is 19.1. The number of carbonyl (C=O) groups excluding carboxylic acids is 1. The van der Waals surface area contributed by atoms with Crippen LogP contribution in [0.3, 0.4) is 0 Å². The van der Waals surface area contributed by atoms with Gasteiger partial charge in [0.1, 0.15) is 0 Å². The molecule has 1 aliphatic heterocycles. The molecule has 1 saturated heterocycles. The molecule has 2 heterocycles. The Morgan fingerprint density at radius 2 is 2.12 bits per heavy atom. The minimum Gasteiger partial charge on any atom is -0.379 e. The third-order valence-corrected chi connectivity index (χ3v) is 5.31. The summed E-state index contributed by atoms with van der Waals surface area (Å²) >= 11 is 7.29. The molecule has 0 atom stereocenters. The summed E-state index contributed by atoms with van der Waals surface area (Å²) in [5.41, 5.74) is 1.46. The van der Waals surface area contributed by atoms with Crippen molar-refractivity contribution in [3.05, 3.63) is 45.4 Å². The molecular formula is C18H23ClN4O2S. The summed E-state index contributed by atoms with van der Waals surface area (Å²) in [6, 6.07) is 7.53. The van der Waals surface area contributed by atoms with Gasteiger partial charge in [0.05, 0.1) is 25.3 Å². The molecule has 0 radical (unpaired) electrons. The van der Waals surface area contributed by atoms with Crippen molar-refractivity contribution < 1.29 is 9.53 Å². The standard InChI is InChI=1S/C18H23ClN4O2S/c19-18-22-13-14(26-18)12-21-16-5-2-1-4-15(16)17(24)20-6-3-7-23-8-10-25-11-9-23/h1-2,4-5,13,21H,3,6-12H2,(H,20,24). The number of ether oxygens (including phenoxy) is 1. The molecule has 1 fully saturated rings. The summed E-state index contributed by atoms with van der Waals surface area (Å²) in [4.78, 5) is 19.9. The maximum atomic E-state index is 12.5. The molecule has 1 amide bonds. The zero-order valence-electron chi connectivity index (χ0n) is 14.5. The molecule has 3 rings (SSSR count). The molecule has 0 saturated carbocycles. The Balaban J connectivity index is 1.47. The average Bonchev–Trinajstić information content (AvgIpc) is 3.10. The summed E-state index contributed by atoms with van der Waals surface area (Å²) in [6.45, 7) is 5.79. The van der Waals surface area contributed by atoms with Crippen molar-refractivity contribution in [3.8, 4) is 0 Å². The van der Waals surface area contributed by atoms with Crippen LogP contribution in [0.5, 0.6) is 0 Å². The van der Waals surface area contributed by atoms with Crippen LogP contribution in [0.1, 0.15) is 21.7 Å². The first-order valence-electron chi connectivity index (χ1n) is 8.74. The fourth-order valence-electron chi connectivity index (χ4n) is 2.81. The quantitative estimate of drug-likeness (QED) is 0.674. The second kappa shape index (κ2) is 9.87. The van der Waals surface area contributed by atoms with E-state index in [-0.39, 0.29) is 5.91 Å². The SMILES string of the molecule is O=C(NCCCN1CCOCC1)c1ccccc1NCc1cnc(Cl)s1.